The molecule has 0 unspecified atom stereocenters. The number of nitrogens with zero attached hydrogens (tertiary/aromatic N) is 1. The summed E-state index contributed by atoms with van der Waals surface area (Å²) in [4.78, 5) is 12.4. The zero-order valence-electron chi connectivity index (χ0n) is 18.1. The zero-order chi connectivity index (χ0) is 23.8. The molecule has 0 bridgehead atoms. The first-order valence-corrected chi connectivity index (χ1v) is 12.6. The molecule has 170 valence electrons. The number of aryl methyl sites for hydroxylation is 1. The van der Waals surface area contributed by atoms with Crippen molar-refractivity contribution >= 4 is 42.8 Å². The van der Waals surface area contributed by atoms with Gasteiger partial charge in [-0.25, -0.2) is 12.4 Å². The van der Waals surface area contributed by atoms with Crippen LogP contribution in [0.2, 0.25) is 0 Å². The van der Waals surface area contributed by atoms with Crippen molar-refractivity contribution in [2.24, 2.45) is 0 Å². The predicted molar refractivity (Wildman–Crippen MR) is 132 cm³/mol. The molecule has 0 fully saturated rings. The smallest absolute Gasteiger partial charge is 0.325 e. The number of hydrogen-bond acceptors (Lipinski definition) is 4. The summed E-state index contributed by atoms with van der Waals surface area (Å²) >= 11 is 3.41. The van der Waals surface area contributed by atoms with Crippen LogP contribution in [0, 0.1) is 6.92 Å². The molecule has 0 saturated heterocycles. The van der Waals surface area contributed by atoms with Gasteiger partial charge in [0.25, 0.3) is 10.0 Å². The standard InChI is InChI=1S/C25H23BrN2O4S/c1-16-8-11-20(12-9-16)33(31,32)28-15-22(21-13-10-19(26)14-23(21)28)24(25(29)30)27-17(2)18-6-4-3-5-7-18/h3-15,17,24,27H,1-2H3,(H,29,30)/t17-,24+/m1/s1. The normalized spacial score (nSPS) is 13.7. The van der Waals surface area contributed by atoms with Crippen LogP contribution in [0.15, 0.2) is 88.4 Å². The summed E-state index contributed by atoms with van der Waals surface area (Å²) in [6.45, 7) is 3.76. The van der Waals surface area contributed by atoms with Crippen LogP contribution in [0.25, 0.3) is 10.9 Å². The lowest BCUT2D eigenvalue weighted by atomic mass is 10.0. The average Bonchev–Trinajstić information content (AvgIpc) is 3.17. The van der Waals surface area contributed by atoms with Crippen molar-refractivity contribution in [1.82, 2.24) is 9.29 Å². The van der Waals surface area contributed by atoms with E-state index in [4.69, 9.17) is 0 Å². The molecule has 33 heavy (non-hydrogen) atoms. The lowest BCUT2D eigenvalue weighted by Crippen LogP contribution is -2.30. The van der Waals surface area contributed by atoms with Gasteiger partial charge in [0.05, 0.1) is 10.4 Å². The number of aromatic nitrogens is 1. The van der Waals surface area contributed by atoms with Gasteiger partial charge in [-0.15, -0.1) is 0 Å². The van der Waals surface area contributed by atoms with Crippen LogP contribution in [0.5, 0.6) is 0 Å². The number of hydrogen-bond donors (Lipinski definition) is 2. The highest BCUT2D eigenvalue weighted by Gasteiger charge is 2.29. The topological polar surface area (TPSA) is 88.4 Å². The number of benzene rings is 3. The van der Waals surface area contributed by atoms with E-state index in [1.165, 1.54) is 6.20 Å². The number of nitrogens with one attached hydrogen (secondary N) is 1. The van der Waals surface area contributed by atoms with E-state index in [2.05, 4.69) is 21.2 Å². The van der Waals surface area contributed by atoms with Crippen molar-refractivity contribution in [3.63, 3.8) is 0 Å². The number of carbonyl (C=O) groups is 1. The second kappa shape index (κ2) is 9.13. The van der Waals surface area contributed by atoms with Crippen LogP contribution in [-0.2, 0) is 14.8 Å². The van der Waals surface area contributed by atoms with Gasteiger partial charge in [0.1, 0.15) is 6.04 Å². The van der Waals surface area contributed by atoms with E-state index in [1.807, 2.05) is 44.2 Å². The van der Waals surface area contributed by atoms with Gasteiger partial charge in [-0.3, -0.25) is 10.1 Å². The lowest BCUT2D eigenvalue weighted by Gasteiger charge is -2.20. The molecule has 1 heterocycles. The summed E-state index contributed by atoms with van der Waals surface area (Å²) in [7, 11) is -3.94. The van der Waals surface area contributed by atoms with E-state index in [9.17, 15) is 18.3 Å². The largest absolute Gasteiger partial charge is 0.480 e. The summed E-state index contributed by atoms with van der Waals surface area (Å²) in [5.41, 5.74) is 2.66. The Morgan fingerprint density at radius 2 is 1.70 bits per heavy atom. The van der Waals surface area contributed by atoms with Crippen molar-refractivity contribution in [3.05, 3.63) is 100 Å². The van der Waals surface area contributed by atoms with Gasteiger partial charge in [0.15, 0.2) is 0 Å². The van der Waals surface area contributed by atoms with E-state index in [0.29, 0.717) is 20.9 Å². The minimum Gasteiger partial charge on any atom is -0.480 e. The molecular weight excluding hydrogens is 504 g/mol. The van der Waals surface area contributed by atoms with Crippen molar-refractivity contribution in [2.75, 3.05) is 0 Å². The summed E-state index contributed by atoms with van der Waals surface area (Å²) in [5.74, 6) is -1.09. The molecule has 4 aromatic rings. The van der Waals surface area contributed by atoms with E-state index in [-0.39, 0.29) is 10.9 Å². The SMILES string of the molecule is Cc1ccc(S(=O)(=O)n2cc([C@H](N[C@H](C)c3ccccc3)C(=O)O)c3ccc(Br)cc32)cc1. The third-order valence-electron chi connectivity index (χ3n) is 5.62. The molecule has 0 aliphatic heterocycles. The van der Waals surface area contributed by atoms with Crippen LogP contribution in [0.4, 0.5) is 0 Å². The fraction of sp³-hybridized carbons (Fsp3) is 0.160. The Bertz CT molecular complexity index is 1410. The average molecular weight is 527 g/mol. The molecule has 4 rings (SSSR count). The molecule has 0 amide bonds. The number of carboxylic acids is 1. The fourth-order valence-electron chi connectivity index (χ4n) is 3.83. The van der Waals surface area contributed by atoms with Crippen molar-refractivity contribution < 1.29 is 18.3 Å². The second-order valence-corrected chi connectivity index (χ2v) is 10.7. The van der Waals surface area contributed by atoms with Crippen molar-refractivity contribution in [2.45, 2.75) is 30.8 Å². The Hall–Kier alpha value is -2.94. The first kappa shape index (κ1) is 23.2. The maximum absolute atomic E-state index is 13.5. The molecule has 0 radical (unpaired) electrons. The number of aliphatic carboxylic acids is 1. The summed E-state index contributed by atoms with van der Waals surface area (Å²) in [6.07, 6.45) is 1.41. The van der Waals surface area contributed by atoms with Gasteiger partial charge in [-0.05, 0) is 43.7 Å². The Balaban J connectivity index is 1.85. The molecule has 3 aromatic carbocycles. The Labute approximate surface area is 201 Å². The third kappa shape index (κ3) is 4.59. The van der Waals surface area contributed by atoms with Crippen LogP contribution in [0.3, 0.4) is 0 Å². The van der Waals surface area contributed by atoms with Gasteiger partial charge in [0, 0.05) is 27.7 Å². The molecule has 2 atom stereocenters. The van der Waals surface area contributed by atoms with Gasteiger partial charge >= 0.3 is 5.97 Å². The molecule has 6 nitrogen and oxygen atoms in total. The number of halogens is 1. The van der Waals surface area contributed by atoms with E-state index < -0.39 is 22.0 Å². The van der Waals surface area contributed by atoms with E-state index in [0.717, 1.165) is 15.1 Å². The third-order valence-corrected chi connectivity index (χ3v) is 7.80. The predicted octanol–water partition coefficient (Wildman–Crippen LogP) is 5.43. The summed E-state index contributed by atoms with van der Waals surface area (Å²) in [5, 5.41) is 13.8. The molecule has 0 aliphatic carbocycles. The first-order chi connectivity index (χ1) is 15.7. The van der Waals surface area contributed by atoms with E-state index >= 15 is 0 Å². The van der Waals surface area contributed by atoms with Gasteiger partial charge in [-0.2, -0.15) is 0 Å². The fourth-order valence-corrected chi connectivity index (χ4v) is 5.55. The summed E-state index contributed by atoms with van der Waals surface area (Å²) < 4.78 is 28.9. The van der Waals surface area contributed by atoms with Gasteiger partial charge in [-0.1, -0.05) is 70.0 Å². The Morgan fingerprint density at radius 1 is 1.03 bits per heavy atom. The molecular formula is C25H23BrN2O4S. The summed E-state index contributed by atoms with van der Waals surface area (Å²) in [6, 6.07) is 19.9. The van der Waals surface area contributed by atoms with Crippen LogP contribution >= 0.6 is 15.9 Å². The molecule has 8 heteroatoms. The Morgan fingerprint density at radius 3 is 2.33 bits per heavy atom. The quantitative estimate of drug-likeness (QED) is 0.335. The highest BCUT2D eigenvalue weighted by molar-refractivity contribution is 9.10. The lowest BCUT2D eigenvalue weighted by molar-refractivity contribution is -0.139. The van der Waals surface area contributed by atoms with E-state index in [1.54, 1.807) is 42.5 Å². The van der Waals surface area contributed by atoms with Crippen LogP contribution < -0.4 is 5.32 Å². The van der Waals surface area contributed by atoms with Gasteiger partial charge < -0.3 is 5.11 Å². The minimum absolute atomic E-state index is 0.133. The van der Waals surface area contributed by atoms with Crippen LogP contribution in [0.1, 0.15) is 35.7 Å². The highest BCUT2D eigenvalue weighted by Crippen LogP contribution is 2.33. The molecule has 1 aromatic heterocycles. The van der Waals surface area contributed by atoms with Crippen LogP contribution in [-0.4, -0.2) is 23.5 Å². The maximum atomic E-state index is 13.5. The highest BCUT2D eigenvalue weighted by atomic mass is 79.9. The van der Waals surface area contributed by atoms with Crippen molar-refractivity contribution in [1.29, 1.82) is 0 Å². The minimum atomic E-state index is -3.94. The first-order valence-electron chi connectivity index (χ1n) is 10.3. The van der Waals surface area contributed by atoms with Crippen molar-refractivity contribution in [3.8, 4) is 0 Å². The second-order valence-electron chi connectivity index (χ2n) is 7.93. The molecule has 0 spiro atoms. The Kier molecular flexibility index (Phi) is 6.43. The molecule has 0 saturated carbocycles. The zero-order valence-corrected chi connectivity index (χ0v) is 20.5. The maximum Gasteiger partial charge on any atom is 0.325 e. The molecule has 2 N–H and O–H groups in total. The number of rotatable bonds is 7. The van der Waals surface area contributed by atoms with Gasteiger partial charge in [0.2, 0.25) is 0 Å². The monoisotopic (exact) mass is 526 g/mol. The number of fused-ring (bicyclic) bond motifs is 1. The molecule has 0 aliphatic rings. The number of carboxylic acid groups (broad SMARTS) is 1.